The molecule has 28 heavy (non-hydrogen) atoms. The first kappa shape index (κ1) is 18.8. The Hall–Kier alpha value is -2.54. The van der Waals surface area contributed by atoms with Gasteiger partial charge in [0.15, 0.2) is 5.13 Å². The van der Waals surface area contributed by atoms with Crippen LogP contribution in [0.1, 0.15) is 49.4 Å². The number of anilines is 1. The van der Waals surface area contributed by atoms with Gasteiger partial charge in [-0.2, -0.15) is 0 Å². The first-order valence-corrected chi connectivity index (χ1v) is 10.6. The molecule has 0 saturated heterocycles. The lowest BCUT2D eigenvalue weighted by Gasteiger charge is -2.27. The minimum absolute atomic E-state index is 0.170. The fraction of sp³-hybridized carbons (Fsp3) is 0.429. The molecule has 6 nitrogen and oxygen atoms in total. The summed E-state index contributed by atoms with van der Waals surface area (Å²) in [4.78, 5) is 35.9. The van der Waals surface area contributed by atoms with Gasteiger partial charge in [-0.25, -0.2) is 9.97 Å². The lowest BCUT2D eigenvalue weighted by Crippen LogP contribution is -2.35. The molecule has 0 radical (unpaired) electrons. The number of amides is 1. The third-order valence-electron chi connectivity index (χ3n) is 5.46. The Kier molecular flexibility index (Phi) is 5.52. The fourth-order valence-corrected chi connectivity index (χ4v) is 4.66. The summed E-state index contributed by atoms with van der Waals surface area (Å²) in [6, 6.07) is 6.67. The lowest BCUT2D eigenvalue weighted by molar-refractivity contribution is -0.120. The fourth-order valence-electron chi connectivity index (χ4n) is 3.99. The minimum Gasteiger partial charge on any atom is -0.300 e. The molecular formula is C21H24N4O2S. The summed E-state index contributed by atoms with van der Waals surface area (Å²) >= 11 is 1.44. The first-order valence-electron chi connectivity index (χ1n) is 9.81. The zero-order valence-corrected chi connectivity index (χ0v) is 16.7. The van der Waals surface area contributed by atoms with E-state index in [2.05, 4.69) is 15.3 Å². The molecule has 1 N–H and O–H groups in total. The second-order valence-corrected chi connectivity index (χ2v) is 8.73. The standard InChI is InChI=1S/C21H24N4O2S/c1-14-12-22-21(28-14)24-19(26)18(11-15-7-3-2-4-8-15)25-13-23-17-10-6-5-9-16(17)20(25)27/h5-6,9-10,12-13,15,18H,2-4,7-8,11H2,1H3,(H,22,24,26)/t18-/m0/s1. The van der Waals surface area contributed by atoms with Crippen LogP contribution in [0.2, 0.25) is 0 Å². The monoisotopic (exact) mass is 396 g/mol. The maximum absolute atomic E-state index is 13.2. The predicted octanol–water partition coefficient (Wildman–Crippen LogP) is 4.31. The summed E-state index contributed by atoms with van der Waals surface area (Å²) in [5, 5.41) is 4.01. The molecule has 0 bridgehead atoms. The number of carbonyl (C=O) groups excluding carboxylic acids is 1. The van der Waals surface area contributed by atoms with Crippen LogP contribution in [-0.2, 0) is 4.79 Å². The van der Waals surface area contributed by atoms with Crippen molar-refractivity contribution >= 4 is 33.3 Å². The quantitative estimate of drug-likeness (QED) is 0.697. The third kappa shape index (κ3) is 3.99. The molecule has 146 valence electrons. The number of fused-ring (bicyclic) bond motifs is 1. The van der Waals surface area contributed by atoms with E-state index in [9.17, 15) is 9.59 Å². The zero-order chi connectivity index (χ0) is 19.5. The number of benzene rings is 1. The van der Waals surface area contributed by atoms with Crippen LogP contribution in [0.4, 0.5) is 5.13 Å². The van der Waals surface area contributed by atoms with Gasteiger partial charge in [-0.1, -0.05) is 44.2 Å². The van der Waals surface area contributed by atoms with Crippen LogP contribution >= 0.6 is 11.3 Å². The molecule has 0 unspecified atom stereocenters. The molecule has 1 saturated carbocycles. The lowest BCUT2D eigenvalue weighted by atomic mass is 9.84. The number of aryl methyl sites for hydroxylation is 1. The highest BCUT2D eigenvalue weighted by Crippen LogP contribution is 2.31. The normalized spacial score (nSPS) is 16.2. The maximum atomic E-state index is 13.2. The van der Waals surface area contributed by atoms with Crippen LogP contribution in [0.25, 0.3) is 10.9 Å². The third-order valence-corrected chi connectivity index (χ3v) is 6.29. The molecule has 7 heteroatoms. The van der Waals surface area contributed by atoms with E-state index >= 15 is 0 Å². The van der Waals surface area contributed by atoms with Gasteiger partial charge in [0.05, 0.1) is 17.2 Å². The van der Waals surface area contributed by atoms with E-state index in [0.717, 1.165) is 17.7 Å². The van der Waals surface area contributed by atoms with Gasteiger partial charge in [0, 0.05) is 11.1 Å². The molecule has 0 spiro atoms. The Balaban J connectivity index is 1.68. The van der Waals surface area contributed by atoms with Crippen molar-refractivity contribution in [2.24, 2.45) is 5.92 Å². The number of nitrogens with zero attached hydrogens (tertiary/aromatic N) is 3. The Morgan fingerprint density at radius 1 is 1.25 bits per heavy atom. The van der Waals surface area contributed by atoms with Gasteiger partial charge in [-0.3, -0.25) is 14.2 Å². The Bertz CT molecular complexity index is 1040. The van der Waals surface area contributed by atoms with Crippen molar-refractivity contribution in [3.8, 4) is 0 Å². The van der Waals surface area contributed by atoms with Gasteiger partial charge >= 0.3 is 0 Å². The second kappa shape index (κ2) is 8.22. The topological polar surface area (TPSA) is 76.9 Å². The van der Waals surface area contributed by atoms with Crippen LogP contribution in [-0.4, -0.2) is 20.4 Å². The summed E-state index contributed by atoms with van der Waals surface area (Å²) in [6.07, 6.45) is 9.75. The first-order chi connectivity index (χ1) is 13.6. The minimum atomic E-state index is -0.586. The van der Waals surface area contributed by atoms with Crippen LogP contribution < -0.4 is 10.9 Å². The van der Waals surface area contributed by atoms with Gasteiger partial charge < -0.3 is 5.32 Å². The van der Waals surface area contributed by atoms with E-state index in [-0.39, 0.29) is 11.5 Å². The van der Waals surface area contributed by atoms with Gasteiger partial charge in [0.25, 0.3) is 5.56 Å². The number of thiazole rings is 1. The number of nitrogens with one attached hydrogen (secondary N) is 1. The van der Waals surface area contributed by atoms with Crippen molar-refractivity contribution in [3.63, 3.8) is 0 Å². The highest BCUT2D eigenvalue weighted by molar-refractivity contribution is 7.15. The zero-order valence-electron chi connectivity index (χ0n) is 15.9. The van der Waals surface area contributed by atoms with Crippen molar-refractivity contribution in [1.82, 2.24) is 14.5 Å². The van der Waals surface area contributed by atoms with Crippen molar-refractivity contribution < 1.29 is 4.79 Å². The smallest absolute Gasteiger partial charge is 0.261 e. The van der Waals surface area contributed by atoms with E-state index in [1.54, 1.807) is 12.3 Å². The molecule has 1 aromatic carbocycles. The highest BCUT2D eigenvalue weighted by Gasteiger charge is 2.28. The van der Waals surface area contributed by atoms with Crippen molar-refractivity contribution in [2.45, 2.75) is 51.5 Å². The summed E-state index contributed by atoms with van der Waals surface area (Å²) < 4.78 is 1.51. The van der Waals surface area contributed by atoms with Gasteiger partial charge in [-0.15, -0.1) is 11.3 Å². The predicted molar refractivity (Wildman–Crippen MR) is 112 cm³/mol. The molecule has 1 amide bonds. The number of aromatic nitrogens is 3. The Labute approximate surface area is 167 Å². The van der Waals surface area contributed by atoms with Crippen molar-refractivity contribution in [3.05, 3.63) is 52.0 Å². The van der Waals surface area contributed by atoms with E-state index < -0.39 is 6.04 Å². The number of hydrogen-bond acceptors (Lipinski definition) is 5. The van der Waals surface area contributed by atoms with Crippen molar-refractivity contribution in [1.29, 1.82) is 0 Å². The molecule has 4 rings (SSSR count). The van der Waals surface area contributed by atoms with Gasteiger partial charge in [-0.05, 0) is 31.4 Å². The SMILES string of the molecule is Cc1cnc(NC(=O)[C@H](CC2CCCCC2)n2cnc3ccccc3c2=O)s1. The molecular weight excluding hydrogens is 372 g/mol. The Morgan fingerprint density at radius 3 is 2.79 bits per heavy atom. The second-order valence-electron chi connectivity index (χ2n) is 7.49. The molecule has 1 aliphatic carbocycles. The van der Waals surface area contributed by atoms with Crippen LogP contribution in [0.3, 0.4) is 0 Å². The average molecular weight is 397 g/mol. The van der Waals surface area contributed by atoms with E-state index in [1.165, 1.54) is 41.5 Å². The van der Waals surface area contributed by atoms with Crippen molar-refractivity contribution in [2.75, 3.05) is 5.32 Å². The molecule has 1 fully saturated rings. The van der Waals surface area contributed by atoms with Gasteiger partial charge in [0.2, 0.25) is 5.91 Å². The van der Waals surface area contributed by atoms with Crippen LogP contribution in [0.15, 0.2) is 41.6 Å². The van der Waals surface area contributed by atoms with E-state index in [0.29, 0.717) is 28.4 Å². The van der Waals surface area contributed by atoms with E-state index in [1.807, 2.05) is 25.1 Å². The summed E-state index contributed by atoms with van der Waals surface area (Å²) in [7, 11) is 0. The maximum Gasteiger partial charge on any atom is 0.261 e. The summed E-state index contributed by atoms with van der Waals surface area (Å²) in [5.41, 5.74) is 0.480. The van der Waals surface area contributed by atoms with E-state index in [4.69, 9.17) is 0 Å². The molecule has 2 heterocycles. The number of rotatable bonds is 5. The highest BCUT2D eigenvalue weighted by atomic mass is 32.1. The van der Waals surface area contributed by atoms with Crippen LogP contribution in [0.5, 0.6) is 0 Å². The number of para-hydroxylation sites is 1. The Morgan fingerprint density at radius 2 is 2.04 bits per heavy atom. The number of hydrogen-bond donors (Lipinski definition) is 1. The molecule has 3 aromatic rings. The molecule has 0 aliphatic heterocycles. The average Bonchev–Trinajstić information content (AvgIpc) is 3.12. The summed E-state index contributed by atoms with van der Waals surface area (Å²) in [6.45, 7) is 1.95. The molecule has 1 atom stereocenters. The molecule has 2 aromatic heterocycles. The number of carbonyl (C=O) groups is 1. The largest absolute Gasteiger partial charge is 0.300 e. The van der Waals surface area contributed by atoms with Gasteiger partial charge in [0.1, 0.15) is 6.04 Å². The summed E-state index contributed by atoms with van der Waals surface area (Å²) in [5.74, 6) is 0.250. The van der Waals surface area contributed by atoms with Crippen LogP contribution in [0, 0.1) is 12.8 Å². The molecule has 1 aliphatic rings.